The molecule has 0 aromatic heterocycles. The number of allylic oxidation sites excluding steroid dienone is 44. The van der Waals surface area contributed by atoms with Crippen LogP contribution in [0.5, 0.6) is 0 Å². The van der Waals surface area contributed by atoms with Crippen molar-refractivity contribution in [1.82, 2.24) is 0 Å². The van der Waals surface area contributed by atoms with Crippen molar-refractivity contribution in [3.8, 4) is 0 Å². The number of ether oxygens (including phenoxy) is 2. The third-order valence-electron chi connectivity index (χ3n) is 14.8. The van der Waals surface area contributed by atoms with Crippen LogP contribution in [-0.2, 0) is 32.7 Å². The quantitative estimate of drug-likeness (QED) is 0.0211. The molecule has 0 spiro atoms. The maximum absolute atomic E-state index is 12.9. The van der Waals surface area contributed by atoms with Crippen LogP contribution < -0.4 is 0 Å². The number of rotatable bonds is 66. The monoisotopic (exact) mass is 1390 g/mol. The number of nitrogens with zero attached hydrogens (tertiary/aromatic N) is 1. The first-order valence-electron chi connectivity index (χ1n) is 38.1. The van der Waals surface area contributed by atoms with Crippen molar-refractivity contribution in [3.05, 3.63) is 267 Å². The molecule has 0 fully saturated rings. The summed E-state index contributed by atoms with van der Waals surface area (Å²) in [6.07, 6.45) is 128. The van der Waals surface area contributed by atoms with Gasteiger partial charge in [0.1, 0.15) is 19.8 Å². The Labute approximate surface area is 611 Å². The van der Waals surface area contributed by atoms with Gasteiger partial charge < -0.3 is 18.9 Å². The lowest BCUT2D eigenvalue weighted by molar-refractivity contribution is -0.870. The number of phosphoric ester groups is 1. The van der Waals surface area contributed by atoms with Gasteiger partial charge in [-0.15, -0.1) is 0 Å². The molecule has 2 unspecified atom stereocenters. The molecule has 9 nitrogen and oxygen atoms in total. The van der Waals surface area contributed by atoms with Gasteiger partial charge in [-0.25, -0.2) is 4.57 Å². The van der Waals surface area contributed by atoms with Crippen LogP contribution in [0, 0.1) is 0 Å². The largest absolute Gasteiger partial charge is 0.472 e. The normalized spacial score (nSPS) is 14.6. The number of unbranched alkanes of at least 4 members (excludes halogenated alkanes) is 8. The molecule has 0 saturated carbocycles. The molecule has 0 aliphatic carbocycles. The topological polar surface area (TPSA) is 108 Å². The van der Waals surface area contributed by atoms with Crippen molar-refractivity contribution in [3.63, 3.8) is 0 Å². The molecule has 0 aromatic rings. The minimum absolute atomic E-state index is 0.00610. The zero-order chi connectivity index (χ0) is 72.5. The Morgan fingerprint density at radius 2 is 0.540 bits per heavy atom. The van der Waals surface area contributed by atoms with Crippen molar-refractivity contribution in [1.29, 1.82) is 0 Å². The smallest absolute Gasteiger partial charge is 0.462 e. The SMILES string of the molecule is CC/C=C\C/C=C\C/C=C\C/C=C\C/C=C\C/C=C\C/C=C\C/C=C\C/C=C\C/C=C\C/C=C\CCCCCCCC(=O)OC(COC(=O)CCCCC/C=C\C/C=C\C/C=C\C/C=C\C/C=C\C/C=C\C/C=C\C/C=C\C/C=C\C/C=C\C/C=C\CC)COP(=O)(O)OCC[N+](C)(C)C. The Hall–Kier alpha value is -6.71. The molecule has 0 bridgehead atoms. The Morgan fingerprint density at radius 3 is 0.810 bits per heavy atom. The van der Waals surface area contributed by atoms with Crippen molar-refractivity contribution >= 4 is 19.8 Å². The van der Waals surface area contributed by atoms with Gasteiger partial charge in [-0.05, 0) is 180 Å². The summed E-state index contributed by atoms with van der Waals surface area (Å²) >= 11 is 0. The number of phosphoric acid groups is 1. The molecule has 100 heavy (non-hydrogen) atoms. The van der Waals surface area contributed by atoms with E-state index >= 15 is 0 Å². The van der Waals surface area contributed by atoms with E-state index in [1.165, 1.54) is 0 Å². The molecular formula is C90H137NO8P+. The number of hydrogen-bond acceptors (Lipinski definition) is 7. The first-order valence-corrected chi connectivity index (χ1v) is 39.6. The number of likely N-dealkylation sites (N-methyl/N-ethyl adjacent to an activating group) is 1. The molecule has 10 heteroatoms. The van der Waals surface area contributed by atoms with E-state index in [0.29, 0.717) is 23.9 Å². The van der Waals surface area contributed by atoms with Crippen LogP contribution in [0.1, 0.15) is 232 Å². The second kappa shape index (κ2) is 76.5. The van der Waals surface area contributed by atoms with Crippen LogP contribution in [0.2, 0.25) is 0 Å². The number of esters is 2. The molecule has 554 valence electrons. The van der Waals surface area contributed by atoms with E-state index in [2.05, 4.69) is 281 Å². The lowest BCUT2D eigenvalue weighted by atomic mass is 10.1. The number of carbonyl (C=O) groups is 2. The molecule has 0 aliphatic rings. The lowest BCUT2D eigenvalue weighted by Crippen LogP contribution is -2.37. The van der Waals surface area contributed by atoms with Crippen molar-refractivity contribution in [2.24, 2.45) is 0 Å². The van der Waals surface area contributed by atoms with Gasteiger partial charge in [0.15, 0.2) is 6.10 Å². The summed E-state index contributed by atoms with van der Waals surface area (Å²) in [6, 6.07) is 0. The van der Waals surface area contributed by atoms with E-state index < -0.39 is 32.5 Å². The van der Waals surface area contributed by atoms with Gasteiger partial charge in [-0.2, -0.15) is 0 Å². The van der Waals surface area contributed by atoms with Gasteiger partial charge in [0.05, 0.1) is 27.7 Å². The van der Waals surface area contributed by atoms with Gasteiger partial charge in [0.2, 0.25) is 0 Å². The first-order chi connectivity index (χ1) is 49.0. The molecule has 0 heterocycles. The van der Waals surface area contributed by atoms with Gasteiger partial charge >= 0.3 is 19.8 Å². The van der Waals surface area contributed by atoms with Crippen LogP contribution in [0.25, 0.3) is 0 Å². The number of quaternary nitrogens is 1. The summed E-state index contributed by atoms with van der Waals surface area (Å²) in [5.74, 6) is -0.882. The Morgan fingerprint density at radius 1 is 0.310 bits per heavy atom. The number of carbonyl (C=O) groups excluding carboxylic acids is 2. The lowest BCUT2D eigenvalue weighted by Gasteiger charge is -2.24. The Bertz CT molecular complexity index is 2700. The molecule has 0 aromatic carbocycles. The summed E-state index contributed by atoms with van der Waals surface area (Å²) < 4.78 is 34.7. The van der Waals surface area contributed by atoms with Gasteiger partial charge in [-0.1, -0.05) is 307 Å². The summed E-state index contributed by atoms with van der Waals surface area (Å²) in [7, 11) is 1.40. The van der Waals surface area contributed by atoms with Gasteiger partial charge in [0, 0.05) is 12.8 Å². The molecule has 0 rings (SSSR count). The highest BCUT2D eigenvalue weighted by Gasteiger charge is 2.27. The summed E-state index contributed by atoms with van der Waals surface area (Å²) in [5, 5.41) is 0. The molecule has 0 saturated heterocycles. The van der Waals surface area contributed by atoms with Crippen LogP contribution >= 0.6 is 7.82 Å². The van der Waals surface area contributed by atoms with Gasteiger partial charge in [-0.3, -0.25) is 18.6 Å². The third kappa shape index (κ3) is 80.3. The van der Waals surface area contributed by atoms with Crippen LogP contribution in [0.3, 0.4) is 0 Å². The van der Waals surface area contributed by atoms with E-state index in [9.17, 15) is 19.0 Å². The minimum Gasteiger partial charge on any atom is -0.462 e. The highest BCUT2D eigenvalue weighted by atomic mass is 31.2. The van der Waals surface area contributed by atoms with E-state index in [1.807, 2.05) is 21.1 Å². The summed E-state index contributed by atoms with van der Waals surface area (Å²) in [4.78, 5) is 35.9. The Balaban J connectivity index is 4.25. The second-order valence-corrected chi connectivity index (χ2v) is 26.7. The fraction of sp³-hybridized carbons (Fsp3) is 0.489. The molecule has 2 atom stereocenters. The van der Waals surface area contributed by atoms with E-state index in [1.54, 1.807) is 0 Å². The predicted octanol–water partition coefficient (Wildman–Crippen LogP) is 25.8. The van der Waals surface area contributed by atoms with Crippen LogP contribution in [-0.4, -0.2) is 74.9 Å². The molecular weight excluding hydrogens is 1250 g/mol. The molecule has 0 aliphatic heterocycles. The standard InChI is InChI=1S/C90H136NO8P/c1-6-8-10-12-14-16-18-20-22-24-26-28-30-32-34-36-38-40-42-44-45-47-49-51-53-55-57-59-61-63-65-67-69-71-73-75-77-79-81-83-90(93)99-88(87-98-100(94,95)97-85-84-91(3,4)5)86-96-89(92)82-80-78-76-74-72-70-68-66-64-62-60-58-56-54-52-50-48-46-43-41-39-37-35-33-31-29-27-25-23-21-19-17-15-13-11-9-7-2/h8-11,14-17,20-23,26-29,32-35,38-41,44-46,48-49,51-52,54-55,57-58,60-61,63-64,66-67,69-70,72,88H,6-7,12-13,18-19,24-25,30-31,36-37,42-43,47,50,53,56,59,62,65,68,71,73-87H2,1-5H3/p+1/b10-8-,11-9-,16-14-,17-15-,22-20-,23-21-,28-26-,29-27-,34-32-,35-33-,40-38-,41-39-,45-44-,48-46-,51-49-,54-52-,57-55-,60-58-,63-61-,66-64-,69-67-,72-70-. The van der Waals surface area contributed by atoms with Crippen molar-refractivity contribution in [2.75, 3.05) is 47.5 Å². The maximum atomic E-state index is 12.9. The van der Waals surface area contributed by atoms with Gasteiger partial charge in [0.25, 0.3) is 0 Å². The van der Waals surface area contributed by atoms with Crippen LogP contribution in [0.4, 0.5) is 0 Å². The molecule has 1 N–H and O–H groups in total. The second-order valence-electron chi connectivity index (χ2n) is 25.2. The van der Waals surface area contributed by atoms with Crippen molar-refractivity contribution in [2.45, 2.75) is 238 Å². The average Bonchev–Trinajstić information content (AvgIpc) is 1.07. The predicted molar refractivity (Wildman–Crippen MR) is 435 cm³/mol. The first kappa shape index (κ1) is 93.3. The van der Waals surface area contributed by atoms with Crippen LogP contribution in [0.15, 0.2) is 267 Å². The molecule has 0 radical (unpaired) electrons. The highest BCUT2D eigenvalue weighted by Crippen LogP contribution is 2.43. The molecule has 0 amide bonds. The third-order valence-corrected chi connectivity index (χ3v) is 15.7. The average molecular weight is 1390 g/mol. The Kier molecular flexibility index (Phi) is 71.3. The van der Waals surface area contributed by atoms with E-state index in [0.717, 1.165) is 193 Å². The van der Waals surface area contributed by atoms with Crippen molar-refractivity contribution < 1.29 is 42.1 Å². The van der Waals surface area contributed by atoms with E-state index in [-0.39, 0.29) is 26.1 Å². The number of hydrogen-bond donors (Lipinski definition) is 1. The summed E-state index contributed by atoms with van der Waals surface area (Å²) in [6.45, 7) is 4.10. The highest BCUT2D eigenvalue weighted by molar-refractivity contribution is 7.47. The zero-order valence-electron chi connectivity index (χ0n) is 63.1. The fourth-order valence-corrected chi connectivity index (χ4v) is 9.76. The fourth-order valence-electron chi connectivity index (χ4n) is 9.02. The zero-order valence-corrected chi connectivity index (χ0v) is 63.9. The van der Waals surface area contributed by atoms with E-state index in [4.69, 9.17) is 18.5 Å². The maximum Gasteiger partial charge on any atom is 0.472 e. The minimum atomic E-state index is -4.43. The summed E-state index contributed by atoms with van der Waals surface area (Å²) in [5.41, 5.74) is 0.